The molecule has 2 aliphatic rings. The van der Waals surface area contributed by atoms with E-state index < -0.39 is 0 Å². The first-order valence-electron chi connectivity index (χ1n) is 10.2. The molecule has 0 spiro atoms. The van der Waals surface area contributed by atoms with Crippen LogP contribution in [0.3, 0.4) is 0 Å². The quantitative estimate of drug-likeness (QED) is 0.548. The maximum Gasteiger partial charge on any atom is 0.0212 e. The SMILES string of the molecule is C#CC(C)Cc1ccc(C2CCC(C3CCC(C)CC3)CC2)cc1. The van der Waals surface area contributed by atoms with Crippen molar-refractivity contribution in [2.45, 2.75) is 77.6 Å². The van der Waals surface area contributed by atoms with Gasteiger partial charge in [-0.05, 0) is 79.7 Å². The molecule has 1 aromatic carbocycles. The molecule has 1 unspecified atom stereocenters. The molecule has 0 N–H and O–H groups in total. The Morgan fingerprint density at radius 1 is 0.917 bits per heavy atom. The minimum absolute atomic E-state index is 0.338. The van der Waals surface area contributed by atoms with Crippen molar-refractivity contribution in [3.8, 4) is 12.3 Å². The molecule has 1 atom stereocenters. The molecule has 2 aliphatic carbocycles. The maximum absolute atomic E-state index is 5.50. The molecule has 130 valence electrons. The predicted octanol–water partition coefficient (Wildman–Crippen LogP) is 6.60. The van der Waals surface area contributed by atoms with E-state index in [0.717, 1.165) is 30.1 Å². The van der Waals surface area contributed by atoms with Crippen LogP contribution in [-0.2, 0) is 6.42 Å². The van der Waals surface area contributed by atoms with Crippen molar-refractivity contribution in [3.05, 3.63) is 35.4 Å². The Kier molecular flexibility index (Phi) is 6.04. The second kappa shape index (κ2) is 8.24. The van der Waals surface area contributed by atoms with E-state index >= 15 is 0 Å². The molecule has 0 aliphatic heterocycles. The van der Waals surface area contributed by atoms with E-state index in [9.17, 15) is 0 Å². The Balaban J connectivity index is 1.50. The molecule has 24 heavy (non-hydrogen) atoms. The van der Waals surface area contributed by atoms with E-state index in [2.05, 4.69) is 44.0 Å². The van der Waals surface area contributed by atoms with Gasteiger partial charge in [-0.1, -0.05) is 51.0 Å². The van der Waals surface area contributed by atoms with Gasteiger partial charge < -0.3 is 0 Å². The Bertz CT molecular complexity index is 530. The predicted molar refractivity (Wildman–Crippen MR) is 104 cm³/mol. The summed E-state index contributed by atoms with van der Waals surface area (Å²) in [6.07, 6.45) is 18.2. The fourth-order valence-electron chi connectivity index (χ4n) is 5.02. The summed E-state index contributed by atoms with van der Waals surface area (Å²) in [5, 5.41) is 0. The molecule has 0 aromatic heterocycles. The Labute approximate surface area is 149 Å². The first kappa shape index (κ1) is 17.6. The lowest BCUT2D eigenvalue weighted by Gasteiger charge is -2.37. The van der Waals surface area contributed by atoms with Gasteiger partial charge in [-0.15, -0.1) is 12.3 Å². The largest absolute Gasteiger partial charge is 0.120 e. The standard InChI is InChI=1S/C24H34/c1-4-18(2)17-20-7-11-22(12-8-20)24-15-13-23(14-16-24)21-9-5-19(3)6-10-21/h1,7-8,11-12,18-19,21,23-24H,5-6,9-10,13-17H2,2-3H3. The van der Waals surface area contributed by atoms with Crippen molar-refractivity contribution in [2.24, 2.45) is 23.7 Å². The van der Waals surface area contributed by atoms with E-state index in [1.54, 1.807) is 5.56 Å². The molecule has 0 radical (unpaired) electrons. The van der Waals surface area contributed by atoms with Crippen LogP contribution in [0.15, 0.2) is 24.3 Å². The zero-order valence-electron chi connectivity index (χ0n) is 15.6. The molecular weight excluding hydrogens is 288 g/mol. The topological polar surface area (TPSA) is 0 Å². The van der Waals surface area contributed by atoms with Gasteiger partial charge in [0.05, 0.1) is 0 Å². The molecule has 0 amide bonds. The van der Waals surface area contributed by atoms with Gasteiger partial charge in [-0.3, -0.25) is 0 Å². The number of rotatable bonds is 4. The summed E-state index contributed by atoms with van der Waals surface area (Å²) in [6.45, 7) is 4.56. The van der Waals surface area contributed by atoms with E-state index in [-0.39, 0.29) is 0 Å². The third-order valence-electron chi connectivity index (χ3n) is 6.78. The minimum Gasteiger partial charge on any atom is -0.120 e. The average molecular weight is 323 g/mol. The minimum atomic E-state index is 0.338. The summed E-state index contributed by atoms with van der Waals surface area (Å²) in [6, 6.07) is 9.34. The number of hydrogen-bond donors (Lipinski definition) is 0. The Morgan fingerprint density at radius 2 is 1.46 bits per heavy atom. The van der Waals surface area contributed by atoms with E-state index in [1.165, 1.54) is 56.9 Å². The van der Waals surface area contributed by atoms with Crippen molar-refractivity contribution in [1.82, 2.24) is 0 Å². The van der Waals surface area contributed by atoms with E-state index in [1.807, 2.05) is 0 Å². The summed E-state index contributed by atoms with van der Waals surface area (Å²) in [5.74, 6) is 7.00. The zero-order chi connectivity index (χ0) is 16.9. The normalized spacial score (nSPS) is 32.0. The highest BCUT2D eigenvalue weighted by Crippen LogP contribution is 2.43. The fourth-order valence-corrected chi connectivity index (χ4v) is 5.02. The Morgan fingerprint density at radius 3 is 2.00 bits per heavy atom. The molecular formula is C24H34. The third kappa shape index (κ3) is 4.44. The molecule has 2 fully saturated rings. The lowest BCUT2D eigenvalue weighted by atomic mass is 9.68. The van der Waals surface area contributed by atoms with Gasteiger partial charge >= 0.3 is 0 Å². The summed E-state index contributed by atoms with van der Waals surface area (Å²) >= 11 is 0. The number of hydrogen-bond acceptors (Lipinski definition) is 0. The van der Waals surface area contributed by atoms with Gasteiger partial charge in [0.2, 0.25) is 0 Å². The lowest BCUT2D eigenvalue weighted by Crippen LogP contribution is -2.24. The lowest BCUT2D eigenvalue weighted by molar-refractivity contribution is 0.165. The van der Waals surface area contributed by atoms with Crippen molar-refractivity contribution in [2.75, 3.05) is 0 Å². The molecule has 0 heteroatoms. The van der Waals surface area contributed by atoms with E-state index in [4.69, 9.17) is 6.42 Å². The van der Waals surface area contributed by atoms with Gasteiger partial charge in [0.1, 0.15) is 0 Å². The molecule has 3 rings (SSSR count). The van der Waals surface area contributed by atoms with Crippen LogP contribution >= 0.6 is 0 Å². The molecule has 0 heterocycles. The van der Waals surface area contributed by atoms with Crippen molar-refractivity contribution < 1.29 is 0 Å². The van der Waals surface area contributed by atoms with Gasteiger partial charge in [0.25, 0.3) is 0 Å². The van der Waals surface area contributed by atoms with Crippen molar-refractivity contribution in [1.29, 1.82) is 0 Å². The third-order valence-corrected chi connectivity index (χ3v) is 6.78. The van der Waals surface area contributed by atoms with Crippen molar-refractivity contribution >= 4 is 0 Å². The van der Waals surface area contributed by atoms with Crippen LogP contribution in [0.4, 0.5) is 0 Å². The fraction of sp³-hybridized carbons (Fsp3) is 0.667. The summed E-state index contributed by atoms with van der Waals surface area (Å²) < 4.78 is 0. The van der Waals surface area contributed by atoms with Crippen LogP contribution in [0.1, 0.15) is 82.3 Å². The summed E-state index contributed by atoms with van der Waals surface area (Å²) in [5.41, 5.74) is 2.94. The van der Waals surface area contributed by atoms with Gasteiger partial charge in [0.15, 0.2) is 0 Å². The molecule has 0 saturated heterocycles. The number of terminal acetylenes is 1. The van der Waals surface area contributed by atoms with E-state index in [0.29, 0.717) is 5.92 Å². The molecule has 2 saturated carbocycles. The summed E-state index contributed by atoms with van der Waals surface area (Å²) in [7, 11) is 0. The second-order valence-electron chi connectivity index (χ2n) is 8.65. The first-order chi connectivity index (χ1) is 11.7. The van der Waals surface area contributed by atoms with Crippen LogP contribution in [0.25, 0.3) is 0 Å². The second-order valence-corrected chi connectivity index (χ2v) is 8.65. The highest BCUT2D eigenvalue weighted by atomic mass is 14.4. The molecule has 0 nitrogen and oxygen atoms in total. The van der Waals surface area contributed by atoms with Crippen LogP contribution in [0.2, 0.25) is 0 Å². The zero-order valence-corrected chi connectivity index (χ0v) is 15.6. The highest BCUT2D eigenvalue weighted by Gasteiger charge is 2.30. The van der Waals surface area contributed by atoms with Gasteiger partial charge in [-0.25, -0.2) is 0 Å². The summed E-state index contributed by atoms with van der Waals surface area (Å²) in [4.78, 5) is 0. The first-order valence-corrected chi connectivity index (χ1v) is 10.2. The van der Waals surface area contributed by atoms with Crippen LogP contribution in [-0.4, -0.2) is 0 Å². The van der Waals surface area contributed by atoms with Crippen LogP contribution in [0.5, 0.6) is 0 Å². The average Bonchev–Trinajstić information content (AvgIpc) is 2.63. The highest BCUT2D eigenvalue weighted by molar-refractivity contribution is 5.26. The Hall–Kier alpha value is -1.22. The monoisotopic (exact) mass is 322 g/mol. The molecule has 1 aromatic rings. The number of benzene rings is 1. The van der Waals surface area contributed by atoms with Crippen LogP contribution < -0.4 is 0 Å². The van der Waals surface area contributed by atoms with Crippen LogP contribution in [0, 0.1) is 36.0 Å². The maximum atomic E-state index is 5.50. The van der Waals surface area contributed by atoms with Crippen molar-refractivity contribution in [3.63, 3.8) is 0 Å². The molecule has 0 bridgehead atoms. The smallest absolute Gasteiger partial charge is 0.0212 e. The van der Waals surface area contributed by atoms with Gasteiger partial charge in [0, 0.05) is 5.92 Å². The van der Waals surface area contributed by atoms with Gasteiger partial charge in [-0.2, -0.15) is 0 Å².